The first kappa shape index (κ1) is 86.5. The molecule has 7 aromatic carbocycles. The van der Waals surface area contributed by atoms with Crippen LogP contribution in [0.2, 0.25) is 0 Å². The summed E-state index contributed by atoms with van der Waals surface area (Å²) >= 11 is 0. The van der Waals surface area contributed by atoms with Gasteiger partial charge in [0.2, 0.25) is 0 Å². The molecule has 0 unspecified atom stereocenters. The van der Waals surface area contributed by atoms with Crippen LogP contribution < -0.4 is 16.0 Å². The number of nitrogens with one attached hydrogen (secondary N) is 3. The van der Waals surface area contributed by atoms with Crippen LogP contribution in [0.5, 0.6) is 0 Å². The first-order valence-electron chi connectivity index (χ1n) is 42.1. The third kappa shape index (κ3) is 19.0. The number of carbonyl (C=O) groups excluding carboxylic acids is 9. The Kier molecular flexibility index (Phi) is 25.1. The van der Waals surface area contributed by atoms with Crippen LogP contribution in [0.4, 0.5) is 0 Å². The molecule has 33 heteroatoms. The lowest BCUT2D eigenvalue weighted by Gasteiger charge is -2.54. The molecule has 6 saturated heterocycles. The third-order valence-electron chi connectivity index (χ3n) is 23.1. The minimum Gasteiger partial charge on any atom is -0.436 e. The minimum atomic E-state index is -2.33. The van der Waals surface area contributed by atoms with Gasteiger partial charge in [-0.05, 0) is 91.6 Å². The summed E-state index contributed by atoms with van der Waals surface area (Å²) in [6.07, 6.45) is 1.48. The Morgan fingerprint density at radius 2 is 0.579 bits per heavy atom. The number of carbonyl (C=O) groups is 9. The van der Waals surface area contributed by atoms with Gasteiger partial charge in [0.05, 0.1) is 75.8 Å². The summed E-state index contributed by atoms with van der Waals surface area (Å²) in [5, 5.41) is 35.4. The van der Waals surface area contributed by atoms with Gasteiger partial charge in [-0.3, -0.25) is 43.2 Å². The maximum Gasteiger partial charge on any atom is 0.307 e. The second-order valence-electron chi connectivity index (χ2n) is 33.7. The van der Waals surface area contributed by atoms with Gasteiger partial charge in [0.25, 0.3) is 52.2 Å². The molecule has 0 radical (unpaired) electrons. The van der Waals surface area contributed by atoms with Gasteiger partial charge in [-0.15, -0.1) is 15.3 Å². The fourth-order valence-electron chi connectivity index (χ4n) is 17.2. The molecule has 33 nitrogen and oxygen atoms in total. The van der Waals surface area contributed by atoms with Gasteiger partial charge in [-0.25, -0.2) is 14.0 Å². The van der Waals surface area contributed by atoms with Crippen LogP contribution in [0.1, 0.15) is 128 Å². The van der Waals surface area contributed by atoms with Crippen molar-refractivity contribution >= 4 is 53.4 Å². The number of rotatable bonds is 36. The van der Waals surface area contributed by atoms with Crippen molar-refractivity contribution < 1.29 is 85.8 Å². The highest BCUT2D eigenvalue weighted by molar-refractivity contribution is 6.17. The van der Waals surface area contributed by atoms with E-state index in [1.54, 1.807) is 74.2 Å². The van der Waals surface area contributed by atoms with Crippen LogP contribution in [0.25, 0.3) is 0 Å². The summed E-state index contributed by atoms with van der Waals surface area (Å²) in [6.45, 7) is 11.2. The van der Waals surface area contributed by atoms with Crippen molar-refractivity contribution in [3.63, 3.8) is 0 Å². The average Bonchev–Trinajstić information content (AvgIpc) is 1.21. The summed E-state index contributed by atoms with van der Waals surface area (Å²) in [6, 6.07) is 57.7. The Labute approximate surface area is 726 Å². The van der Waals surface area contributed by atoms with Crippen molar-refractivity contribution in [2.75, 3.05) is 19.8 Å². The van der Waals surface area contributed by atoms with E-state index in [9.17, 15) is 43.2 Å². The third-order valence-corrected chi connectivity index (χ3v) is 23.1. The molecule has 0 spiro atoms. The Balaban J connectivity index is 0.635. The maximum atomic E-state index is 14.8. The number of benzene rings is 7. The molecule has 9 heterocycles. The highest BCUT2D eigenvalue weighted by atomic mass is 16.8. The highest BCUT2D eigenvalue weighted by Crippen LogP contribution is 2.47. The molecule has 0 saturated carbocycles. The molecule has 126 heavy (non-hydrogen) atoms. The number of esters is 3. The minimum absolute atomic E-state index is 0.00535. The molecular formula is C93H99N15O18. The van der Waals surface area contributed by atoms with Gasteiger partial charge < -0.3 is 73.3 Å². The Hall–Kier alpha value is -13.1. The van der Waals surface area contributed by atoms with E-state index in [2.05, 4.69) is 46.9 Å². The lowest BCUT2D eigenvalue weighted by Crippen LogP contribution is -2.82. The molecule has 3 aromatic heterocycles. The van der Waals surface area contributed by atoms with E-state index < -0.39 is 124 Å². The van der Waals surface area contributed by atoms with Crippen molar-refractivity contribution in [3.8, 4) is 0 Å². The number of likely N-dealkylation sites (tertiary alicyclic amines) is 3. The molecule has 10 aromatic rings. The van der Waals surface area contributed by atoms with Gasteiger partial charge in [0.15, 0.2) is 17.4 Å². The van der Waals surface area contributed by atoms with E-state index in [0.29, 0.717) is 17.1 Å². The SMILES string of the molecule is CC1(C)OC[C@H]([C@@H]2N(Cc3ccccc3)C(=O)[C@@]2(OC(=O)CCc2cn(Cc3cc(Cn4cc(CCC(=O)O[C@@]5(C(=O)NCc6ccccc6)C(=O)N(Cc6ccccc6)[C@H]5[C@H]5COC(C)(C)O5)nn4)cc(Cn4cc(CCC(=O)O[C@@]5(C(=O)NCc6ccccc6)C(=O)N(Cc6ccccc6)[C@H]5[C@H]5COC(C)(C)O5)nn4)c3)nn2)C(=O)NCc2ccccc2)O1. The van der Waals surface area contributed by atoms with Crippen LogP contribution in [-0.2, 0) is 164 Å². The standard InChI is InChI=1S/C93H99N15O18/c1-88(2)118-58-73(121-88)79-91(82(112)94-46-61-25-13-7-14-26-61,85(115)106(79)52-64-31-19-10-20-32-64)124-76(109)40-37-70-55-103(100-97-70)49-67-43-68(50-104-56-71(98-101-104)38-41-77(110)125-92(83(113)95-47-62-27-15-8-16-28-62)80(74-59-119-89(3,4)122-74)107(86(92)116)53-65-33-21-11-22-34-65)45-69(44-67)51-105-57-72(99-102-105)39-42-78(111)126-93(84(114)96-48-63-29-17-9-18-30-63)81(75-60-120-90(5,6)123-75)108(87(93)117)54-66-35-23-12-24-36-66/h7-36,43-45,55-57,73-75,79-81H,37-42,46-54,58-60H2,1-6H3,(H,94,112)(H,95,113)(H,96,114)/t73-,74-,75-,79+,80+,81+,91+,92+,93+/m1/s1. The number of amides is 6. The first-order valence-corrected chi connectivity index (χ1v) is 42.1. The zero-order valence-electron chi connectivity index (χ0n) is 70.7. The number of aromatic nitrogens is 9. The lowest BCUT2D eigenvalue weighted by molar-refractivity contribution is -0.226. The number of hydrogen-bond acceptors (Lipinski definition) is 24. The second-order valence-corrected chi connectivity index (χ2v) is 33.7. The number of ether oxygens (including phenoxy) is 9. The topological polar surface area (TPSA) is 375 Å². The second kappa shape index (κ2) is 36.6. The van der Waals surface area contributed by atoms with E-state index in [0.717, 1.165) is 50.1 Å². The molecule has 6 aliphatic rings. The molecule has 9 atom stereocenters. The molecule has 6 fully saturated rings. The number of nitrogens with zero attached hydrogens (tertiary/aromatic N) is 12. The average molecular weight is 1710 g/mol. The largest absolute Gasteiger partial charge is 0.436 e. The predicted molar refractivity (Wildman–Crippen MR) is 447 cm³/mol. The predicted octanol–water partition coefficient (Wildman–Crippen LogP) is 6.89. The summed E-state index contributed by atoms with van der Waals surface area (Å²) < 4.78 is 60.5. The monoisotopic (exact) mass is 1710 g/mol. The molecule has 0 bridgehead atoms. The van der Waals surface area contributed by atoms with Crippen molar-refractivity contribution in [1.82, 2.24) is 75.6 Å². The lowest BCUT2D eigenvalue weighted by atomic mass is 9.77. The van der Waals surface area contributed by atoms with Crippen LogP contribution in [-0.4, -0.2) is 203 Å². The molecule has 654 valence electrons. The van der Waals surface area contributed by atoms with Crippen molar-refractivity contribution in [2.24, 2.45) is 0 Å². The van der Waals surface area contributed by atoms with Gasteiger partial charge in [-0.2, -0.15) is 0 Å². The zero-order chi connectivity index (χ0) is 88.0. The van der Waals surface area contributed by atoms with E-state index in [1.165, 1.54) is 14.7 Å². The van der Waals surface area contributed by atoms with E-state index >= 15 is 0 Å². The van der Waals surface area contributed by atoms with Crippen molar-refractivity contribution in [2.45, 2.75) is 210 Å². The van der Waals surface area contributed by atoms with Gasteiger partial charge >= 0.3 is 17.9 Å². The quantitative estimate of drug-likeness (QED) is 0.0156. The molecular weight excluding hydrogens is 1620 g/mol. The Morgan fingerprint density at radius 3 is 0.810 bits per heavy atom. The summed E-state index contributed by atoms with van der Waals surface area (Å²) in [4.78, 5) is 137. The molecule has 3 N–H and O–H groups in total. The van der Waals surface area contributed by atoms with Crippen molar-refractivity contribution in [1.29, 1.82) is 0 Å². The van der Waals surface area contributed by atoms with Crippen LogP contribution >= 0.6 is 0 Å². The summed E-state index contributed by atoms with van der Waals surface area (Å²) in [7, 11) is 0. The van der Waals surface area contributed by atoms with E-state index in [1.807, 2.05) is 200 Å². The molecule has 0 aliphatic carbocycles. The highest BCUT2D eigenvalue weighted by Gasteiger charge is 2.75. The smallest absolute Gasteiger partial charge is 0.307 e. The van der Waals surface area contributed by atoms with Crippen LogP contribution in [0.15, 0.2) is 219 Å². The van der Waals surface area contributed by atoms with Gasteiger partial charge in [0.1, 0.15) is 36.4 Å². The fraction of sp³-hybridized carbons (Fsp3) is 0.387. The maximum absolute atomic E-state index is 14.8. The first-order chi connectivity index (χ1) is 60.7. The molecule has 6 amide bonds. The molecule has 6 aliphatic heterocycles. The molecule has 16 rings (SSSR count). The number of β-lactam (4-membered cyclic amide) rings is 3. The number of hydrogen-bond donors (Lipinski definition) is 3. The van der Waals surface area contributed by atoms with Crippen LogP contribution in [0, 0.1) is 0 Å². The summed E-state index contributed by atoms with van der Waals surface area (Å²) in [5.41, 5.74) is 0.946. The van der Waals surface area contributed by atoms with Gasteiger partial charge in [-0.1, -0.05) is 216 Å². The summed E-state index contributed by atoms with van der Waals surface area (Å²) in [5.74, 6) is -10.3. The normalized spacial score (nSPS) is 23.2. The van der Waals surface area contributed by atoms with Crippen molar-refractivity contribution in [3.05, 3.63) is 286 Å². The van der Waals surface area contributed by atoms with Gasteiger partial charge in [0, 0.05) is 77.1 Å². The van der Waals surface area contributed by atoms with E-state index in [-0.39, 0.29) is 117 Å². The number of aryl methyl sites for hydroxylation is 3. The van der Waals surface area contributed by atoms with Crippen LogP contribution in [0.3, 0.4) is 0 Å². The van der Waals surface area contributed by atoms with E-state index in [4.69, 9.17) is 42.6 Å². The zero-order valence-corrected chi connectivity index (χ0v) is 70.7. The fourth-order valence-corrected chi connectivity index (χ4v) is 17.2. The Bertz CT molecular complexity index is 5030. The Morgan fingerprint density at radius 1 is 0.341 bits per heavy atom.